The highest BCUT2D eigenvalue weighted by molar-refractivity contribution is 5.30. The number of ether oxygens (including phenoxy) is 1. The van der Waals surface area contributed by atoms with Crippen molar-refractivity contribution in [1.82, 2.24) is 15.2 Å². The summed E-state index contributed by atoms with van der Waals surface area (Å²) in [7, 11) is 4.16. The summed E-state index contributed by atoms with van der Waals surface area (Å²) in [6, 6.07) is 2.67. The fourth-order valence-electron chi connectivity index (χ4n) is 1.79. The normalized spacial score (nSPS) is 15.1. The zero-order chi connectivity index (χ0) is 12.8. The molecule has 1 heterocycles. The van der Waals surface area contributed by atoms with Crippen molar-refractivity contribution in [1.29, 1.82) is 0 Å². The summed E-state index contributed by atoms with van der Waals surface area (Å²) in [5.74, 6) is 0.969. The molecule has 1 fully saturated rings. The van der Waals surface area contributed by atoms with Gasteiger partial charge in [0, 0.05) is 37.1 Å². The van der Waals surface area contributed by atoms with Crippen molar-refractivity contribution in [3.63, 3.8) is 0 Å². The van der Waals surface area contributed by atoms with E-state index in [9.17, 15) is 0 Å². The number of hydrogen-bond donors (Lipinski definition) is 1. The average Bonchev–Trinajstić information content (AvgIpc) is 3.17. The van der Waals surface area contributed by atoms with Gasteiger partial charge in [0.25, 0.3) is 0 Å². The zero-order valence-corrected chi connectivity index (χ0v) is 11.4. The van der Waals surface area contributed by atoms with Crippen LogP contribution >= 0.6 is 0 Å². The summed E-state index contributed by atoms with van der Waals surface area (Å²) in [4.78, 5) is 6.34. The molecular formula is C14H23N3O. The van der Waals surface area contributed by atoms with Gasteiger partial charge in [0.05, 0.1) is 6.61 Å². The second kappa shape index (κ2) is 6.71. The third-order valence-electron chi connectivity index (χ3n) is 3.02. The zero-order valence-electron chi connectivity index (χ0n) is 11.4. The Hall–Kier alpha value is -1.13. The molecule has 4 heteroatoms. The monoisotopic (exact) mass is 249 g/mol. The third-order valence-corrected chi connectivity index (χ3v) is 3.02. The molecule has 0 aliphatic heterocycles. The lowest BCUT2D eigenvalue weighted by atomic mass is 10.2. The maximum atomic E-state index is 5.83. The number of nitrogens with zero attached hydrogens (tertiary/aromatic N) is 2. The van der Waals surface area contributed by atoms with Crippen LogP contribution in [0.3, 0.4) is 0 Å². The van der Waals surface area contributed by atoms with Crippen LogP contribution in [0, 0.1) is 0 Å². The van der Waals surface area contributed by atoms with Gasteiger partial charge in [-0.2, -0.15) is 0 Å². The second-order valence-corrected chi connectivity index (χ2v) is 5.14. The van der Waals surface area contributed by atoms with Crippen LogP contribution in [0.5, 0.6) is 5.75 Å². The molecule has 0 spiro atoms. The lowest BCUT2D eigenvalue weighted by molar-refractivity contribution is 0.278. The highest BCUT2D eigenvalue weighted by Gasteiger charge is 2.20. The molecule has 0 saturated heterocycles. The van der Waals surface area contributed by atoms with E-state index in [-0.39, 0.29) is 0 Å². The minimum atomic E-state index is 0.715. The summed E-state index contributed by atoms with van der Waals surface area (Å²) in [6.07, 6.45) is 7.35. The van der Waals surface area contributed by atoms with Crippen molar-refractivity contribution in [2.24, 2.45) is 0 Å². The van der Waals surface area contributed by atoms with Crippen LogP contribution in [0.15, 0.2) is 18.5 Å². The fourth-order valence-corrected chi connectivity index (χ4v) is 1.79. The van der Waals surface area contributed by atoms with Crippen molar-refractivity contribution in [2.45, 2.75) is 31.8 Å². The summed E-state index contributed by atoms with van der Waals surface area (Å²) in [6.45, 7) is 2.68. The van der Waals surface area contributed by atoms with Gasteiger partial charge in [0.2, 0.25) is 0 Å². The van der Waals surface area contributed by atoms with Gasteiger partial charge in [-0.1, -0.05) is 0 Å². The van der Waals surface area contributed by atoms with Gasteiger partial charge >= 0.3 is 0 Å². The number of aromatic nitrogens is 1. The van der Waals surface area contributed by atoms with Crippen molar-refractivity contribution in [2.75, 3.05) is 27.2 Å². The summed E-state index contributed by atoms with van der Waals surface area (Å²) < 4.78 is 5.83. The van der Waals surface area contributed by atoms with Crippen LogP contribution in [0.4, 0.5) is 0 Å². The van der Waals surface area contributed by atoms with E-state index in [0.29, 0.717) is 6.04 Å². The van der Waals surface area contributed by atoms with Crippen LogP contribution in [0.1, 0.15) is 24.8 Å². The van der Waals surface area contributed by atoms with E-state index in [1.165, 1.54) is 12.8 Å². The first-order valence-corrected chi connectivity index (χ1v) is 6.69. The largest absolute Gasteiger partial charge is 0.493 e. The molecule has 0 bridgehead atoms. The van der Waals surface area contributed by atoms with Gasteiger partial charge in [0.1, 0.15) is 5.75 Å². The molecule has 0 unspecified atom stereocenters. The first-order chi connectivity index (χ1) is 8.75. The Labute approximate surface area is 109 Å². The molecular weight excluding hydrogens is 226 g/mol. The standard InChI is InChI=1S/C14H23N3O/c1-17(2)8-3-9-18-14-6-7-15-10-12(14)11-16-13-4-5-13/h6-7,10,13,16H,3-5,8-9,11H2,1-2H3. The van der Waals surface area contributed by atoms with Crippen molar-refractivity contribution in [3.8, 4) is 5.75 Å². The van der Waals surface area contributed by atoms with Gasteiger partial charge < -0.3 is 15.0 Å². The van der Waals surface area contributed by atoms with E-state index in [1.54, 1.807) is 6.20 Å². The summed E-state index contributed by atoms with van der Waals surface area (Å²) >= 11 is 0. The second-order valence-electron chi connectivity index (χ2n) is 5.14. The minimum Gasteiger partial charge on any atom is -0.493 e. The van der Waals surface area contributed by atoms with Crippen LogP contribution in [-0.4, -0.2) is 43.2 Å². The highest BCUT2D eigenvalue weighted by Crippen LogP contribution is 2.22. The SMILES string of the molecule is CN(C)CCCOc1ccncc1CNC1CC1. The van der Waals surface area contributed by atoms with Crippen LogP contribution in [0.25, 0.3) is 0 Å². The van der Waals surface area contributed by atoms with E-state index >= 15 is 0 Å². The molecule has 1 N–H and O–H groups in total. The molecule has 1 aromatic heterocycles. The fraction of sp³-hybridized carbons (Fsp3) is 0.643. The van der Waals surface area contributed by atoms with Crippen LogP contribution in [0.2, 0.25) is 0 Å². The molecule has 0 amide bonds. The molecule has 18 heavy (non-hydrogen) atoms. The van der Waals surface area contributed by atoms with E-state index in [1.807, 2.05) is 12.3 Å². The smallest absolute Gasteiger partial charge is 0.126 e. The van der Waals surface area contributed by atoms with Gasteiger partial charge in [-0.25, -0.2) is 0 Å². The lowest BCUT2D eigenvalue weighted by Crippen LogP contribution is -2.17. The third kappa shape index (κ3) is 4.63. The van der Waals surface area contributed by atoms with Crippen LogP contribution in [-0.2, 0) is 6.54 Å². The summed E-state index contributed by atoms with van der Waals surface area (Å²) in [5.41, 5.74) is 1.16. The van der Waals surface area contributed by atoms with Gasteiger partial charge in [-0.3, -0.25) is 4.98 Å². The molecule has 4 nitrogen and oxygen atoms in total. The molecule has 1 aromatic rings. The maximum Gasteiger partial charge on any atom is 0.126 e. The molecule has 2 rings (SSSR count). The van der Waals surface area contributed by atoms with Gasteiger partial charge in [-0.15, -0.1) is 0 Å². The summed E-state index contributed by atoms with van der Waals surface area (Å²) in [5, 5.41) is 3.49. The minimum absolute atomic E-state index is 0.715. The van der Waals surface area contributed by atoms with Crippen molar-refractivity contribution in [3.05, 3.63) is 24.0 Å². The molecule has 1 aliphatic rings. The Balaban J connectivity index is 1.78. The van der Waals surface area contributed by atoms with Crippen molar-refractivity contribution >= 4 is 0 Å². The molecule has 1 aliphatic carbocycles. The molecule has 0 atom stereocenters. The van der Waals surface area contributed by atoms with E-state index in [2.05, 4.69) is 29.3 Å². The van der Waals surface area contributed by atoms with Crippen LogP contribution < -0.4 is 10.1 Å². The molecule has 1 saturated carbocycles. The highest BCUT2D eigenvalue weighted by atomic mass is 16.5. The average molecular weight is 249 g/mol. The maximum absolute atomic E-state index is 5.83. The molecule has 0 aromatic carbocycles. The first-order valence-electron chi connectivity index (χ1n) is 6.69. The predicted octanol–water partition coefficient (Wildman–Crippen LogP) is 1.66. The Morgan fingerprint density at radius 2 is 2.28 bits per heavy atom. The van der Waals surface area contributed by atoms with E-state index in [0.717, 1.165) is 37.4 Å². The van der Waals surface area contributed by atoms with Gasteiger partial charge in [-0.05, 0) is 39.4 Å². The Morgan fingerprint density at radius 1 is 1.44 bits per heavy atom. The molecule has 100 valence electrons. The first kappa shape index (κ1) is 13.3. The Morgan fingerprint density at radius 3 is 3.00 bits per heavy atom. The Kier molecular flexibility index (Phi) is 4.96. The molecule has 0 radical (unpaired) electrons. The quantitative estimate of drug-likeness (QED) is 0.711. The number of hydrogen-bond acceptors (Lipinski definition) is 4. The number of nitrogens with one attached hydrogen (secondary N) is 1. The van der Waals surface area contributed by atoms with E-state index < -0.39 is 0 Å². The topological polar surface area (TPSA) is 37.4 Å². The number of rotatable bonds is 8. The predicted molar refractivity (Wildman–Crippen MR) is 72.8 cm³/mol. The Bertz CT molecular complexity index is 364. The van der Waals surface area contributed by atoms with Crippen molar-refractivity contribution < 1.29 is 4.74 Å². The van der Waals surface area contributed by atoms with E-state index in [4.69, 9.17) is 4.74 Å². The van der Waals surface area contributed by atoms with Gasteiger partial charge in [0.15, 0.2) is 0 Å². The number of pyridine rings is 1. The lowest BCUT2D eigenvalue weighted by Gasteiger charge is -2.13.